The number of nitrogens with one attached hydrogen (secondary N) is 2. The van der Waals surface area contributed by atoms with E-state index >= 15 is 0 Å². The number of hydrogen-bond donors (Lipinski definition) is 2. The monoisotopic (exact) mass is 382 g/mol. The van der Waals surface area contributed by atoms with Crippen LogP contribution in [-0.2, 0) is 16.1 Å². The first-order valence-corrected chi connectivity index (χ1v) is 9.46. The van der Waals surface area contributed by atoms with Crippen LogP contribution < -0.4 is 10.6 Å². The molecule has 1 unspecified atom stereocenters. The second-order valence-electron chi connectivity index (χ2n) is 6.46. The van der Waals surface area contributed by atoms with Crippen molar-refractivity contribution < 1.29 is 18.7 Å². The molecule has 0 saturated heterocycles. The molecular weight excluding hydrogens is 356 g/mol. The van der Waals surface area contributed by atoms with Gasteiger partial charge in [0.2, 0.25) is 0 Å². The van der Waals surface area contributed by atoms with Crippen LogP contribution in [0.2, 0.25) is 0 Å². The number of fused-ring (bicyclic) bond motifs is 1. The molecule has 3 aromatic rings. The first-order valence-electron chi connectivity index (χ1n) is 9.46. The Hall–Kier alpha value is -2.83. The van der Waals surface area contributed by atoms with E-state index in [1.807, 2.05) is 68.4 Å². The number of rotatable bonds is 9. The fraction of sp³-hybridized carbons (Fsp3) is 0.318. The predicted octanol–water partition coefficient (Wildman–Crippen LogP) is 4.87. The van der Waals surface area contributed by atoms with Crippen LogP contribution in [0.15, 0.2) is 59.0 Å². The van der Waals surface area contributed by atoms with Gasteiger partial charge in [0.25, 0.3) is 0 Å². The zero-order valence-electron chi connectivity index (χ0n) is 16.2. The molecule has 6 nitrogen and oxygen atoms in total. The Kier molecular flexibility index (Phi) is 7.06. The van der Waals surface area contributed by atoms with Crippen molar-refractivity contribution in [3.63, 3.8) is 0 Å². The summed E-state index contributed by atoms with van der Waals surface area (Å²) in [5.74, 6) is 0.716. The number of para-hydroxylation sites is 1. The van der Waals surface area contributed by atoms with Crippen molar-refractivity contribution in [2.24, 2.45) is 0 Å². The van der Waals surface area contributed by atoms with Crippen LogP contribution in [0, 0.1) is 0 Å². The second-order valence-corrected chi connectivity index (χ2v) is 6.46. The SMILES string of the molecule is CCOCCOCc1cccc(NC(=O)NC(C)c2cc3ccccc3o2)c1. The number of hydrogen-bond acceptors (Lipinski definition) is 4. The molecule has 2 N–H and O–H groups in total. The first-order chi connectivity index (χ1) is 13.7. The zero-order valence-corrected chi connectivity index (χ0v) is 16.2. The third-order valence-corrected chi connectivity index (χ3v) is 4.25. The van der Waals surface area contributed by atoms with Crippen LogP contribution in [0.4, 0.5) is 10.5 Å². The summed E-state index contributed by atoms with van der Waals surface area (Å²) < 4.78 is 16.6. The summed E-state index contributed by atoms with van der Waals surface area (Å²) in [6.07, 6.45) is 0. The van der Waals surface area contributed by atoms with Crippen molar-refractivity contribution in [1.29, 1.82) is 0 Å². The summed E-state index contributed by atoms with van der Waals surface area (Å²) in [7, 11) is 0. The van der Waals surface area contributed by atoms with E-state index in [2.05, 4.69) is 10.6 Å². The maximum absolute atomic E-state index is 12.3. The Balaban J connectivity index is 1.51. The van der Waals surface area contributed by atoms with Crippen LogP contribution in [0.5, 0.6) is 0 Å². The zero-order chi connectivity index (χ0) is 19.8. The van der Waals surface area contributed by atoms with E-state index in [1.54, 1.807) is 0 Å². The topological polar surface area (TPSA) is 72.7 Å². The molecule has 0 spiro atoms. The molecule has 0 bridgehead atoms. The number of benzene rings is 2. The quantitative estimate of drug-likeness (QED) is 0.518. The van der Waals surface area contributed by atoms with Crippen molar-refractivity contribution in [2.75, 3.05) is 25.1 Å². The number of carbonyl (C=O) groups is 1. The van der Waals surface area contributed by atoms with Gasteiger partial charge in [-0.05, 0) is 43.7 Å². The molecule has 6 heteroatoms. The van der Waals surface area contributed by atoms with Gasteiger partial charge in [-0.3, -0.25) is 0 Å². The second kappa shape index (κ2) is 9.92. The van der Waals surface area contributed by atoms with Crippen molar-refractivity contribution in [3.8, 4) is 0 Å². The van der Waals surface area contributed by atoms with Crippen LogP contribution in [0.1, 0.15) is 31.2 Å². The molecule has 1 heterocycles. The third-order valence-electron chi connectivity index (χ3n) is 4.25. The van der Waals surface area contributed by atoms with Gasteiger partial charge in [0.15, 0.2) is 0 Å². The molecule has 28 heavy (non-hydrogen) atoms. The summed E-state index contributed by atoms with van der Waals surface area (Å²) in [4.78, 5) is 12.3. The van der Waals surface area contributed by atoms with E-state index in [0.29, 0.717) is 37.9 Å². The molecular formula is C22H26N2O4. The normalized spacial score (nSPS) is 12.1. The number of carbonyl (C=O) groups excluding carboxylic acids is 1. The van der Waals surface area contributed by atoms with Crippen molar-refractivity contribution in [2.45, 2.75) is 26.5 Å². The number of urea groups is 1. The number of amides is 2. The lowest BCUT2D eigenvalue weighted by atomic mass is 10.2. The van der Waals surface area contributed by atoms with Gasteiger partial charge in [0.1, 0.15) is 11.3 Å². The minimum absolute atomic E-state index is 0.252. The van der Waals surface area contributed by atoms with Gasteiger partial charge >= 0.3 is 6.03 Å². The maximum atomic E-state index is 12.3. The summed E-state index contributed by atoms with van der Waals surface area (Å²) in [5.41, 5.74) is 2.50. The number of furan rings is 1. The Morgan fingerprint density at radius 2 is 1.89 bits per heavy atom. The molecule has 0 fully saturated rings. The van der Waals surface area contributed by atoms with Crippen LogP contribution in [0.25, 0.3) is 11.0 Å². The van der Waals surface area contributed by atoms with Gasteiger partial charge in [-0.1, -0.05) is 30.3 Å². The van der Waals surface area contributed by atoms with Crippen molar-refractivity contribution in [3.05, 3.63) is 65.9 Å². The van der Waals surface area contributed by atoms with E-state index in [1.165, 1.54) is 0 Å². The minimum atomic E-state index is -0.289. The van der Waals surface area contributed by atoms with Crippen molar-refractivity contribution in [1.82, 2.24) is 5.32 Å². The van der Waals surface area contributed by atoms with Crippen LogP contribution in [0.3, 0.4) is 0 Å². The molecule has 0 radical (unpaired) electrons. The molecule has 2 amide bonds. The Morgan fingerprint density at radius 3 is 2.71 bits per heavy atom. The highest BCUT2D eigenvalue weighted by molar-refractivity contribution is 5.89. The van der Waals surface area contributed by atoms with E-state index in [-0.39, 0.29) is 12.1 Å². The van der Waals surface area contributed by atoms with E-state index in [0.717, 1.165) is 16.5 Å². The lowest BCUT2D eigenvalue weighted by Gasteiger charge is -2.13. The molecule has 3 rings (SSSR count). The summed E-state index contributed by atoms with van der Waals surface area (Å²) in [5, 5.41) is 6.77. The molecule has 0 aliphatic rings. The highest BCUT2D eigenvalue weighted by Gasteiger charge is 2.14. The summed E-state index contributed by atoms with van der Waals surface area (Å²) in [6.45, 7) is 6.12. The molecule has 1 aromatic heterocycles. The number of anilines is 1. The van der Waals surface area contributed by atoms with E-state index in [4.69, 9.17) is 13.9 Å². The Labute approximate surface area is 164 Å². The average molecular weight is 382 g/mol. The van der Waals surface area contributed by atoms with Gasteiger partial charge in [0, 0.05) is 17.7 Å². The van der Waals surface area contributed by atoms with Crippen molar-refractivity contribution >= 4 is 22.7 Å². The summed E-state index contributed by atoms with van der Waals surface area (Å²) >= 11 is 0. The largest absolute Gasteiger partial charge is 0.459 e. The van der Waals surface area contributed by atoms with Gasteiger partial charge in [-0.25, -0.2) is 4.79 Å². The molecule has 2 aromatic carbocycles. The number of ether oxygens (including phenoxy) is 2. The fourth-order valence-electron chi connectivity index (χ4n) is 2.84. The molecule has 0 saturated carbocycles. The van der Waals surface area contributed by atoms with Gasteiger partial charge in [-0.15, -0.1) is 0 Å². The lowest BCUT2D eigenvalue weighted by molar-refractivity contribution is 0.0453. The highest BCUT2D eigenvalue weighted by atomic mass is 16.5. The van der Waals surface area contributed by atoms with Crippen LogP contribution in [-0.4, -0.2) is 25.9 Å². The molecule has 0 aliphatic heterocycles. The molecule has 1 atom stereocenters. The smallest absolute Gasteiger partial charge is 0.319 e. The Bertz CT molecular complexity index is 873. The minimum Gasteiger partial charge on any atom is -0.459 e. The summed E-state index contributed by atoms with van der Waals surface area (Å²) in [6, 6.07) is 16.8. The van der Waals surface area contributed by atoms with Gasteiger partial charge < -0.3 is 24.5 Å². The van der Waals surface area contributed by atoms with Gasteiger partial charge in [-0.2, -0.15) is 0 Å². The molecule has 0 aliphatic carbocycles. The fourth-order valence-corrected chi connectivity index (χ4v) is 2.84. The molecule has 148 valence electrons. The third kappa shape index (κ3) is 5.58. The van der Waals surface area contributed by atoms with E-state index < -0.39 is 0 Å². The standard InChI is InChI=1S/C22H26N2O4/c1-3-26-11-12-27-15-17-7-6-9-19(13-17)24-22(25)23-16(2)21-14-18-8-4-5-10-20(18)28-21/h4-10,13-14,16H,3,11-12,15H2,1-2H3,(H2,23,24,25). The Morgan fingerprint density at radius 1 is 1.07 bits per heavy atom. The lowest BCUT2D eigenvalue weighted by Crippen LogP contribution is -2.31. The average Bonchev–Trinajstić information content (AvgIpc) is 3.12. The highest BCUT2D eigenvalue weighted by Crippen LogP contribution is 2.23. The maximum Gasteiger partial charge on any atom is 0.319 e. The first kappa shape index (κ1) is 19.9. The van der Waals surface area contributed by atoms with E-state index in [9.17, 15) is 4.79 Å². The van der Waals surface area contributed by atoms with Crippen LogP contribution >= 0.6 is 0 Å². The van der Waals surface area contributed by atoms with Gasteiger partial charge in [0.05, 0.1) is 25.9 Å². The predicted molar refractivity (Wildman–Crippen MR) is 109 cm³/mol.